The van der Waals surface area contributed by atoms with Crippen LogP contribution in [0, 0.1) is 5.92 Å². The number of amides is 1. The highest BCUT2D eigenvalue weighted by atomic mass is 32.1. The molecule has 2 aromatic rings. The number of rotatable bonds is 1. The lowest BCUT2D eigenvalue weighted by Crippen LogP contribution is -2.49. The van der Waals surface area contributed by atoms with Gasteiger partial charge in [0.15, 0.2) is 5.01 Å². The van der Waals surface area contributed by atoms with Crippen molar-refractivity contribution in [1.29, 1.82) is 0 Å². The monoisotopic (exact) mass is 355 g/mol. The summed E-state index contributed by atoms with van der Waals surface area (Å²) in [7, 11) is 0. The van der Waals surface area contributed by atoms with Crippen LogP contribution >= 0.6 is 11.3 Å². The van der Waals surface area contributed by atoms with E-state index in [0.29, 0.717) is 17.5 Å². The summed E-state index contributed by atoms with van der Waals surface area (Å²) in [4.78, 5) is 33.1. The largest absolute Gasteiger partial charge is 0.336 e. The minimum Gasteiger partial charge on any atom is -0.336 e. The molecular weight excluding hydrogens is 334 g/mol. The van der Waals surface area contributed by atoms with E-state index < -0.39 is 0 Å². The minimum absolute atomic E-state index is 0.0829. The van der Waals surface area contributed by atoms with E-state index in [0.717, 1.165) is 43.7 Å². The van der Waals surface area contributed by atoms with Gasteiger partial charge in [0.25, 0.3) is 11.5 Å². The first kappa shape index (κ1) is 15.3. The zero-order valence-corrected chi connectivity index (χ0v) is 14.9. The van der Waals surface area contributed by atoms with Crippen molar-refractivity contribution >= 4 is 17.2 Å². The molecule has 4 heterocycles. The van der Waals surface area contributed by atoms with Gasteiger partial charge in [0.05, 0.1) is 5.69 Å². The number of aryl methyl sites for hydroxylation is 2. The minimum atomic E-state index is 0.0829. The van der Waals surface area contributed by atoms with E-state index >= 15 is 0 Å². The number of piperidine rings is 1. The van der Waals surface area contributed by atoms with Crippen molar-refractivity contribution in [3.8, 4) is 0 Å². The summed E-state index contributed by atoms with van der Waals surface area (Å²) in [6.45, 7) is 2.16. The molecule has 25 heavy (non-hydrogen) atoms. The summed E-state index contributed by atoms with van der Waals surface area (Å²) in [5.74, 6) is 0.714. The van der Waals surface area contributed by atoms with Crippen LogP contribution < -0.4 is 5.56 Å². The maximum atomic E-state index is 13.0. The fourth-order valence-electron chi connectivity index (χ4n) is 4.64. The van der Waals surface area contributed by atoms with E-state index in [1.165, 1.54) is 17.7 Å². The second kappa shape index (κ2) is 5.80. The van der Waals surface area contributed by atoms with Gasteiger partial charge >= 0.3 is 0 Å². The van der Waals surface area contributed by atoms with E-state index in [1.54, 1.807) is 17.4 Å². The zero-order chi connectivity index (χ0) is 17.0. The van der Waals surface area contributed by atoms with Crippen molar-refractivity contribution in [1.82, 2.24) is 14.5 Å². The number of thiazole rings is 1. The molecule has 2 atom stereocenters. The van der Waals surface area contributed by atoms with Crippen molar-refractivity contribution in [3.63, 3.8) is 0 Å². The molecule has 0 N–H and O–H groups in total. The Morgan fingerprint density at radius 2 is 2.04 bits per heavy atom. The molecular formula is C19H21N3O2S. The Hall–Kier alpha value is -1.95. The van der Waals surface area contributed by atoms with E-state index in [2.05, 4.69) is 4.98 Å². The van der Waals surface area contributed by atoms with Crippen molar-refractivity contribution in [2.75, 3.05) is 13.1 Å². The van der Waals surface area contributed by atoms with Gasteiger partial charge < -0.3 is 9.47 Å². The molecule has 2 aromatic heterocycles. The van der Waals surface area contributed by atoms with Gasteiger partial charge in [0, 0.05) is 42.2 Å². The lowest BCUT2D eigenvalue weighted by molar-refractivity contribution is 0.0594. The third-order valence-electron chi connectivity index (χ3n) is 5.80. The van der Waals surface area contributed by atoms with E-state index in [-0.39, 0.29) is 17.4 Å². The molecule has 130 valence electrons. The highest BCUT2D eigenvalue weighted by Gasteiger charge is 2.37. The predicted octanol–water partition coefficient (Wildman–Crippen LogP) is 2.44. The second-order valence-corrected chi connectivity index (χ2v) is 8.59. The molecule has 2 unspecified atom stereocenters. The average molecular weight is 355 g/mol. The lowest BCUT2D eigenvalue weighted by Gasteiger charge is -2.42. The highest BCUT2D eigenvalue weighted by Crippen LogP contribution is 2.36. The van der Waals surface area contributed by atoms with Gasteiger partial charge in [-0.3, -0.25) is 9.59 Å². The second-order valence-electron chi connectivity index (χ2n) is 7.50. The summed E-state index contributed by atoms with van der Waals surface area (Å²) >= 11 is 1.60. The van der Waals surface area contributed by atoms with Crippen molar-refractivity contribution in [2.24, 2.45) is 5.92 Å². The molecule has 0 radical (unpaired) electrons. The molecule has 0 aromatic carbocycles. The van der Waals surface area contributed by atoms with Gasteiger partial charge in [-0.05, 0) is 44.1 Å². The number of carbonyl (C=O) groups is 1. The average Bonchev–Trinajstić information content (AvgIpc) is 3.06. The molecule has 1 fully saturated rings. The standard InChI is InChI=1S/C19H21N3O2S/c23-17-7-3-5-15-13-8-12(10-22(15)17)9-21(11-13)19(24)18-20-14-4-1-2-6-16(14)25-18/h3,5,7,12-13H,1-2,4,6,8-11H2. The highest BCUT2D eigenvalue weighted by molar-refractivity contribution is 7.13. The molecule has 1 aliphatic carbocycles. The molecule has 2 aliphatic heterocycles. The maximum Gasteiger partial charge on any atom is 0.282 e. The SMILES string of the molecule is O=C(c1nc2c(s1)CCCC2)N1CC2CC(C1)c1cccc(=O)n1C2. The number of likely N-dealkylation sites (tertiary alicyclic amines) is 1. The fraction of sp³-hybridized carbons (Fsp3) is 0.526. The molecule has 5 rings (SSSR count). The number of carbonyl (C=O) groups excluding carboxylic acids is 1. The van der Waals surface area contributed by atoms with Crippen LogP contribution in [0.15, 0.2) is 23.0 Å². The lowest BCUT2D eigenvalue weighted by atomic mass is 9.83. The molecule has 0 spiro atoms. The number of hydrogen-bond donors (Lipinski definition) is 0. The summed E-state index contributed by atoms with van der Waals surface area (Å²) in [5, 5.41) is 0.664. The van der Waals surface area contributed by atoms with Crippen LogP contribution in [0.1, 0.15) is 51.2 Å². The van der Waals surface area contributed by atoms with E-state index in [1.807, 2.05) is 21.6 Å². The number of pyridine rings is 1. The fourth-order valence-corrected chi connectivity index (χ4v) is 5.76. The maximum absolute atomic E-state index is 13.0. The number of nitrogens with zero attached hydrogens (tertiary/aromatic N) is 3. The van der Waals surface area contributed by atoms with Crippen LogP contribution in [-0.2, 0) is 19.4 Å². The molecule has 0 saturated carbocycles. The Labute approximate surface area is 150 Å². The Morgan fingerprint density at radius 3 is 2.92 bits per heavy atom. The van der Waals surface area contributed by atoms with Gasteiger partial charge in [0.1, 0.15) is 0 Å². The van der Waals surface area contributed by atoms with Gasteiger partial charge in [-0.2, -0.15) is 0 Å². The normalized spacial score (nSPS) is 24.6. The third-order valence-corrected chi connectivity index (χ3v) is 6.94. The first-order valence-corrected chi connectivity index (χ1v) is 9.98. The summed E-state index contributed by atoms with van der Waals surface area (Å²) in [6.07, 6.45) is 5.55. The number of hydrogen-bond acceptors (Lipinski definition) is 4. The van der Waals surface area contributed by atoms with Crippen molar-refractivity contribution in [3.05, 3.63) is 49.8 Å². The van der Waals surface area contributed by atoms with Crippen LogP contribution in [0.3, 0.4) is 0 Å². The molecule has 1 amide bonds. The van der Waals surface area contributed by atoms with Gasteiger partial charge in [-0.25, -0.2) is 4.98 Å². The van der Waals surface area contributed by atoms with Gasteiger partial charge in [-0.15, -0.1) is 11.3 Å². The first-order valence-electron chi connectivity index (χ1n) is 9.16. The molecule has 2 bridgehead atoms. The summed E-state index contributed by atoms with van der Waals surface area (Å²) in [6, 6.07) is 5.51. The molecule has 6 heteroatoms. The zero-order valence-electron chi connectivity index (χ0n) is 14.1. The van der Waals surface area contributed by atoms with Crippen LogP contribution in [0.5, 0.6) is 0 Å². The molecule has 3 aliphatic rings. The van der Waals surface area contributed by atoms with Crippen LogP contribution in [0.4, 0.5) is 0 Å². The quantitative estimate of drug-likeness (QED) is 0.789. The van der Waals surface area contributed by atoms with Crippen LogP contribution in [-0.4, -0.2) is 33.4 Å². The van der Waals surface area contributed by atoms with Crippen LogP contribution in [0.25, 0.3) is 0 Å². The first-order chi connectivity index (χ1) is 12.2. The molecule has 5 nitrogen and oxygen atoms in total. The Bertz CT molecular complexity index is 877. The Morgan fingerprint density at radius 1 is 1.16 bits per heavy atom. The third kappa shape index (κ3) is 2.54. The summed E-state index contributed by atoms with van der Waals surface area (Å²) < 4.78 is 1.91. The number of fused-ring (bicyclic) bond motifs is 5. The van der Waals surface area contributed by atoms with E-state index in [9.17, 15) is 9.59 Å². The van der Waals surface area contributed by atoms with Crippen LogP contribution in [0.2, 0.25) is 0 Å². The predicted molar refractivity (Wildman–Crippen MR) is 96.2 cm³/mol. The smallest absolute Gasteiger partial charge is 0.282 e. The van der Waals surface area contributed by atoms with Gasteiger partial charge in [-0.1, -0.05) is 6.07 Å². The van der Waals surface area contributed by atoms with Crippen molar-refractivity contribution in [2.45, 2.75) is 44.6 Å². The van der Waals surface area contributed by atoms with Crippen molar-refractivity contribution < 1.29 is 4.79 Å². The number of aromatic nitrogens is 2. The Balaban J connectivity index is 1.42. The summed E-state index contributed by atoms with van der Waals surface area (Å²) in [5.41, 5.74) is 2.31. The van der Waals surface area contributed by atoms with Gasteiger partial charge in [0.2, 0.25) is 0 Å². The topological polar surface area (TPSA) is 55.2 Å². The molecule has 1 saturated heterocycles. The Kier molecular flexibility index (Phi) is 3.55. The van der Waals surface area contributed by atoms with E-state index in [4.69, 9.17) is 0 Å².